The number of carbonyl (C=O) groups excluding carboxylic acids is 1. The van der Waals surface area contributed by atoms with Gasteiger partial charge in [0.05, 0.1) is 4.90 Å². The maximum Gasteiger partial charge on any atom is 0.261 e. The molecule has 0 spiro atoms. The van der Waals surface area contributed by atoms with E-state index in [0.717, 1.165) is 10.8 Å². The first-order valence-corrected chi connectivity index (χ1v) is 8.95. The van der Waals surface area contributed by atoms with Gasteiger partial charge in [0.25, 0.3) is 15.9 Å². The zero-order chi connectivity index (χ0) is 17.9. The van der Waals surface area contributed by atoms with Gasteiger partial charge in [0.15, 0.2) is 6.61 Å². The molecule has 0 aliphatic rings. The summed E-state index contributed by atoms with van der Waals surface area (Å²) in [6.45, 7) is -0.234. The number of carbonyl (C=O) groups is 1. The Bertz CT molecular complexity index is 1010. The minimum Gasteiger partial charge on any atom is -0.484 e. The smallest absolute Gasteiger partial charge is 0.261 e. The summed E-state index contributed by atoms with van der Waals surface area (Å²) in [4.78, 5) is 10.9. The van der Waals surface area contributed by atoms with Crippen LogP contribution in [0.15, 0.2) is 71.6 Å². The Balaban J connectivity index is 1.79. The first-order valence-electron chi connectivity index (χ1n) is 7.47. The fourth-order valence-corrected chi connectivity index (χ4v) is 3.42. The van der Waals surface area contributed by atoms with Gasteiger partial charge in [-0.3, -0.25) is 9.52 Å². The molecule has 25 heavy (non-hydrogen) atoms. The SMILES string of the molecule is NC(=O)COc1ccc(NS(=O)(=O)c2ccc3ccccc3c2)cc1. The summed E-state index contributed by atoms with van der Waals surface area (Å²) < 4.78 is 32.7. The summed E-state index contributed by atoms with van der Waals surface area (Å²) in [6.07, 6.45) is 0. The first-order chi connectivity index (χ1) is 11.9. The summed E-state index contributed by atoms with van der Waals surface area (Å²) in [7, 11) is -3.71. The van der Waals surface area contributed by atoms with Gasteiger partial charge in [-0.1, -0.05) is 30.3 Å². The molecule has 7 heteroatoms. The van der Waals surface area contributed by atoms with Gasteiger partial charge >= 0.3 is 0 Å². The molecule has 3 aromatic rings. The molecule has 0 aliphatic carbocycles. The lowest BCUT2D eigenvalue weighted by atomic mass is 10.1. The van der Waals surface area contributed by atoms with Crippen molar-refractivity contribution in [3.05, 3.63) is 66.7 Å². The van der Waals surface area contributed by atoms with Crippen molar-refractivity contribution in [2.75, 3.05) is 11.3 Å². The van der Waals surface area contributed by atoms with E-state index in [-0.39, 0.29) is 11.5 Å². The van der Waals surface area contributed by atoms with E-state index in [1.54, 1.807) is 42.5 Å². The Morgan fingerprint density at radius 2 is 1.64 bits per heavy atom. The molecule has 3 aromatic carbocycles. The number of nitrogens with two attached hydrogens (primary N) is 1. The minimum atomic E-state index is -3.71. The van der Waals surface area contributed by atoms with E-state index in [0.29, 0.717) is 11.4 Å². The van der Waals surface area contributed by atoms with E-state index in [1.807, 2.05) is 24.3 Å². The van der Waals surface area contributed by atoms with Crippen LogP contribution >= 0.6 is 0 Å². The average molecular weight is 356 g/mol. The lowest BCUT2D eigenvalue weighted by Crippen LogP contribution is -2.20. The Morgan fingerprint density at radius 3 is 2.32 bits per heavy atom. The number of primary amides is 1. The van der Waals surface area contributed by atoms with Crippen LogP contribution < -0.4 is 15.2 Å². The molecule has 6 nitrogen and oxygen atoms in total. The highest BCUT2D eigenvalue weighted by Gasteiger charge is 2.14. The standard InChI is InChI=1S/C18H16N2O4S/c19-18(21)12-24-16-8-6-15(7-9-16)20-25(22,23)17-10-5-13-3-1-2-4-14(13)11-17/h1-11,20H,12H2,(H2,19,21). The van der Waals surface area contributed by atoms with E-state index >= 15 is 0 Å². The fourth-order valence-electron chi connectivity index (χ4n) is 2.32. The second-order valence-electron chi connectivity index (χ2n) is 5.39. The average Bonchev–Trinajstić information content (AvgIpc) is 2.60. The molecule has 1 amide bonds. The lowest BCUT2D eigenvalue weighted by Gasteiger charge is -2.10. The number of anilines is 1. The number of rotatable bonds is 6. The Labute approximate surface area is 145 Å². The zero-order valence-electron chi connectivity index (χ0n) is 13.2. The molecule has 128 valence electrons. The van der Waals surface area contributed by atoms with Gasteiger partial charge in [0.2, 0.25) is 0 Å². The Hall–Kier alpha value is -3.06. The highest BCUT2D eigenvalue weighted by atomic mass is 32.2. The molecule has 3 rings (SSSR count). The van der Waals surface area contributed by atoms with Crippen molar-refractivity contribution in [2.24, 2.45) is 5.73 Å². The van der Waals surface area contributed by atoms with Gasteiger partial charge < -0.3 is 10.5 Å². The lowest BCUT2D eigenvalue weighted by molar-refractivity contribution is -0.119. The van der Waals surface area contributed by atoms with Crippen molar-refractivity contribution in [2.45, 2.75) is 4.90 Å². The van der Waals surface area contributed by atoms with E-state index in [4.69, 9.17) is 10.5 Å². The first kappa shape index (κ1) is 16.8. The van der Waals surface area contributed by atoms with Gasteiger partial charge in [-0.2, -0.15) is 0 Å². The highest BCUT2D eigenvalue weighted by molar-refractivity contribution is 7.92. The molecule has 0 heterocycles. The molecule has 0 fully saturated rings. The normalized spacial score (nSPS) is 11.2. The van der Waals surface area contributed by atoms with Crippen LogP contribution in [0.4, 0.5) is 5.69 Å². The topological polar surface area (TPSA) is 98.5 Å². The minimum absolute atomic E-state index is 0.181. The third-order valence-electron chi connectivity index (χ3n) is 3.52. The van der Waals surface area contributed by atoms with Crippen LogP contribution in [-0.2, 0) is 14.8 Å². The fraction of sp³-hybridized carbons (Fsp3) is 0.0556. The quantitative estimate of drug-likeness (QED) is 0.709. The van der Waals surface area contributed by atoms with Gasteiger partial charge in [-0.25, -0.2) is 8.42 Å². The summed E-state index contributed by atoms with van der Waals surface area (Å²) in [5.41, 5.74) is 5.39. The molecular formula is C18H16N2O4S. The number of amides is 1. The van der Waals surface area contributed by atoms with E-state index < -0.39 is 15.9 Å². The van der Waals surface area contributed by atoms with Gasteiger partial charge in [-0.05, 0) is 47.2 Å². The third kappa shape index (κ3) is 4.07. The Morgan fingerprint density at radius 1 is 0.960 bits per heavy atom. The van der Waals surface area contributed by atoms with Crippen LogP contribution in [0.5, 0.6) is 5.75 Å². The van der Waals surface area contributed by atoms with Crippen LogP contribution in [0, 0.1) is 0 Å². The largest absolute Gasteiger partial charge is 0.484 e. The van der Waals surface area contributed by atoms with E-state index in [1.165, 1.54) is 0 Å². The van der Waals surface area contributed by atoms with Crippen LogP contribution in [0.2, 0.25) is 0 Å². The molecule has 0 aliphatic heterocycles. The van der Waals surface area contributed by atoms with Crippen molar-refractivity contribution < 1.29 is 17.9 Å². The number of ether oxygens (including phenoxy) is 1. The van der Waals surface area contributed by atoms with Gasteiger partial charge in [0, 0.05) is 5.69 Å². The summed E-state index contributed by atoms with van der Waals surface area (Å²) in [5.74, 6) is -0.159. The predicted octanol–water partition coefficient (Wildman–Crippen LogP) is 2.50. The zero-order valence-corrected chi connectivity index (χ0v) is 14.0. The molecule has 0 unspecified atom stereocenters. The molecule has 0 atom stereocenters. The van der Waals surface area contributed by atoms with Gasteiger partial charge in [-0.15, -0.1) is 0 Å². The number of hydrogen-bond acceptors (Lipinski definition) is 4. The van der Waals surface area contributed by atoms with Crippen molar-refractivity contribution >= 4 is 32.4 Å². The van der Waals surface area contributed by atoms with Crippen molar-refractivity contribution in [1.29, 1.82) is 0 Å². The molecular weight excluding hydrogens is 340 g/mol. The molecule has 3 N–H and O–H groups in total. The van der Waals surface area contributed by atoms with E-state index in [2.05, 4.69) is 4.72 Å². The number of nitrogens with one attached hydrogen (secondary N) is 1. The Kier molecular flexibility index (Phi) is 4.58. The van der Waals surface area contributed by atoms with Crippen molar-refractivity contribution in [1.82, 2.24) is 0 Å². The molecule has 0 saturated carbocycles. The second-order valence-corrected chi connectivity index (χ2v) is 7.08. The number of hydrogen-bond donors (Lipinski definition) is 2. The number of benzene rings is 3. The second kappa shape index (κ2) is 6.82. The third-order valence-corrected chi connectivity index (χ3v) is 4.90. The van der Waals surface area contributed by atoms with Gasteiger partial charge in [0.1, 0.15) is 5.75 Å². The number of fused-ring (bicyclic) bond motifs is 1. The monoisotopic (exact) mass is 356 g/mol. The van der Waals surface area contributed by atoms with Crippen molar-refractivity contribution in [3.63, 3.8) is 0 Å². The van der Waals surface area contributed by atoms with Crippen LogP contribution in [0.3, 0.4) is 0 Å². The van der Waals surface area contributed by atoms with Crippen molar-refractivity contribution in [3.8, 4) is 5.75 Å². The van der Waals surface area contributed by atoms with E-state index in [9.17, 15) is 13.2 Å². The van der Waals surface area contributed by atoms with Crippen LogP contribution in [0.1, 0.15) is 0 Å². The van der Waals surface area contributed by atoms with Crippen LogP contribution in [0.25, 0.3) is 10.8 Å². The molecule has 0 radical (unpaired) electrons. The maximum atomic E-state index is 12.5. The van der Waals surface area contributed by atoms with Crippen LogP contribution in [-0.4, -0.2) is 20.9 Å². The molecule has 0 bridgehead atoms. The molecule has 0 saturated heterocycles. The summed E-state index contributed by atoms with van der Waals surface area (Å²) in [6, 6.07) is 18.7. The predicted molar refractivity (Wildman–Crippen MR) is 95.9 cm³/mol. The maximum absolute atomic E-state index is 12.5. The molecule has 0 aromatic heterocycles. The summed E-state index contributed by atoms with van der Waals surface area (Å²) >= 11 is 0. The summed E-state index contributed by atoms with van der Waals surface area (Å²) in [5, 5.41) is 1.82. The number of sulfonamides is 1. The highest BCUT2D eigenvalue weighted by Crippen LogP contribution is 2.22.